The van der Waals surface area contributed by atoms with Gasteiger partial charge in [0.25, 0.3) is 0 Å². The second-order valence-corrected chi connectivity index (χ2v) is 6.07. The van der Waals surface area contributed by atoms with E-state index in [0.717, 1.165) is 11.1 Å². The fraction of sp³-hybridized carbons (Fsp3) is 0.400. The van der Waals surface area contributed by atoms with E-state index in [4.69, 9.17) is 11.5 Å². The molecule has 1 aliphatic heterocycles. The number of hydrogen-bond donors (Lipinski definition) is 3. The SMILES string of the molecule is CC1=CNC(N)=NC1(N)c1cccc(C(C)(C)C)c1. The molecule has 0 saturated heterocycles. The third kappa shape index (κ3) is 2.49. The number of aliphatic imine (C=N–C) groups is 1. The highest BCUT2D eigenvalue weighted by atomic mass is 15.2. The van der Waals surface area contributed by atoms with E-state index in [1.54, 1.807) is 0 Å². The largest absolute Gasteiger partial charge is 0.370 e. The van der Waals surface area contributed by atoms with Crippen LogP contribution in [-0.2, 0) is 11.1 Å². The van der Waals surface area contributed by atoms with E-state index in [1.807, 2.05) is 25.3 Å². The molecule has 0 spiro atoms. The van der Waals surface area contributed by atoms with Crippen molar-refractivity contribution in [3.05, 3.63) is 47.2 Å². The van der Waals surface area contributed by atoms with Crippen LogP contribution >= 0.6 is 0 Å². The molecule has 0 amide bonds. The second-order valence-electron chi connectivity index (χ2n) is 6.07. The maximum Gasteiger partial charge on any atom is 0.195 e. The van der Waals surface area contributed by atoms with Crippen molar-refractivity contribution in [2.75, 3.05) is 0 Å². The van der Waals surface area contributed by atoms with E-state index in [-0.39, 0.29) is 5.41 Å². The number of benzene rings is 1. The maximum absolute atomic E-state index is 6.45. The summed E-state index contributed by atoms with van der Waals surface area (Å²) in [5.74, 6) is 0.342. The van der Waals surface area contributed by atoms with Crippen LogP contribution in [0.2, 0.25) is 0 Å². The Morgan fingerprint density at radius 1 is 1.26 bits per heavy atom. The molecule has 1 aliphatic rings. The summed E-state index contributed by atoms with van der Waals surface area (Å²) in [5.41, 5.74) is 14.5. The van der Waals surface area contributed by atoms with Gasteiger partial charge < -0.3 is 11.1 Å². The minimum absolute atomic E-state index is 0.0756. The van der Waals surface area contributed by atoms with Crippen LogP contribution in [0.5, 0.6) is 0 Å². The molecule has 0 radical (unpaired) electrons. The molecule has 1 unspecified atom stereocenters. The smallest absolute Gasteiger partial charge is 0.195 e. The van der Waals surface area contributed by atoms with Crippen molar-refractivity contribution in [1.82, 2.24) is 5.32 Å². The Labute approximate surface area is 114 Å². The molecule has 1 aromatic carbocycles. The molecule has 2 rings (SSSR count). The zero-order valence-electron chi connectivity index (χ0n) is 12.0. The van der Waals surface area contributed by atoms with Crippen molar-refractivity contribution in [1.29, 1.82) is 0 Å². The highest BCUT2D eigenvalue weighted by molar-refractivity contribution is 5.81. The van der Waals surface area contributed by atoms with Gasteiger partial charge in [0.2, 0.25) is 0 Å². The van der Waals surface area contributed by atoms with Gasteiger partial charge in [-0.2, -0.15) is 0 Å². The molecule has 1 aromatic rings. The van der Waals surface area contributed by atoms with Crippen molar-refractivity contribution in [3.8, 4) is 0 Å². The normalized spacial score (nSPS) is 23.4. The summed E-state index contributed by atoms with van der Waals surface area (Å²) in [7, 11) is 0. The third-order valence-corrected chi connectivity index (χ3v) is 3.50. The molecule has 0 aliphatic carbocycles. The minimum atomic E-state index is -0.878. The third-order valence-electron chi connectivity index (χ3n) is 3.50. The molecule has 1 heterocycles. The summed E-state index contributed by atoms with van der Waals surface area (Å²) in [6.07, 6.45) is 1.81. The molecular formula is C15H22N4. The fourth-order valence-electron chi connectivity index (χ4n) is 2.12. The molecule has 0 bridgehead atoms. The lowest BCUT2D eigenvalue weighted by molar-refractivity contribution is 0.534. The van der Waals surface area contributed by atoms with Crippen molar-refractivity contribution >= 4 is 5.96 Å². The number of nitrogens with zero attached hydrogens (tertiary/aromatic N) is 1. The van der Waals surface area contributed by atoms with E-state index < -0.39 is 5.66 Å². The Hall–Kier alpha value is -1.81. The van der Waals surface area contributed by atoms with Crippen LogP contribution in [0.4, 0.5) is 0 Å². The number of hydrogen-bond acceptors (Lipinski definition) is 4. The summed E-state index contributed by atoms with van der Waals surface area (Å²) in [6, 6.07) is 8.24. The molecule has 0 aromatic heterocycles. The average molecular weight is 258 g/mol. The van der Waals surface area contributed by atoms with E-state index in [0.29, 0.717) is 5.96 Å². The lowest BCUT2D eigenvalue weighted by atomic mass is 9.83. The predicted molar refractivity (Wildman–Crippen MR) is 79.5 cm³/mol. The van der Waals surface area contributed by atoms with Crippen LogP contribution in [0, 0.1) is 0 Å². The van der Waals surface area contributed by atoms with E-state index in [2.05, 4.69) is 43.2 Å². The lowest BCUT2D eigenvalue weighted by Gasteiger charge is -2.31. The number of rotatable bonds is 1. The molecule has 102 valence electrons. The van der Waals surface area contributed by atoms with Gasteiger partial charge in [0.15, 0.2) is 11.6 Å². The lowest BCUT2D eigenvalue weighted by Crippen LogP contribution is -2.45. The zero-order valence-corrected chi connectivity index (χ0v) is 12.0. The van der Waals surface area contributed by atoms with Crippen LogP contribution in [0.25, 0.3) is 0 Å². The van der Waals surface area contributed by atoms with Gasteiger partial charge in [-0.3, -0.25) is 5.73 Å². The Kier molecular flexibility index (Phi) is 3.14. The zero-order chi connectivity index (χ0) is 14.3. The van der Waals surface area contributed by atoms with E-state index in [9.17, 15) is 0 Å². The molecule has 0 fully saturated rings. The monoisotopic (exact) mass is 258 g/mol. The van der Waals surface area contributed by atoms with Crippen LogP contribution in [0.1, 0.15) is 38.8 Å². The maximum atomic E-state index is 6.45. The van der Waals surface area contributed by atoms with Gasteiger partial charge >= 0.3 is 0 Å². The van der Waals surface area contributed by atoms with Crippen LogP contribution in [0.15, 0.2) is 41.0 Å². The van der Waals surface area contributed by atoms with Gasteiger partial charge in [-0.25, -0.2) is 4.99 Å². The van der Waals surface area contributed by atoms with Crippen LogP contribution < -0.4 is 16.8 Å². The Balaban J connectivity index is 2.52. The Morgan fingerprint density at radius 2 is 1.95 bits per heavy atom. The first-order valence-electron chi connectivity index (χ1n) is 6.42. The summed E-state index contributed by atoms with van der Waals surface area (Å²) in [4.78, 5) is 4.38. The predicted octanol–water partition coefficient (Wildman–Crippen LogP) is 1.92. The first-order valence-corrected chi connectivity index (χ1v) is 6.42. The first-order chi connectivity index (χ1) is 8.73. The molecule has 5 N–H and O–H groups in total. The van der Waals surface area contributed by atoms with Gasteiger partial charge in [-0.1, -0.05) is 45.0 Å². The van der Waals surface area contributed by atoms with Crippen LogP contribution in [-0.4, -0.2) is 5.96 Å². The van der Waals surface area contributed by atoms with E-state index in [1.165, 1.54) is 5.56 Å². The van der Waals surface area contributed by atoms with Gasteiger partial charge in [0, 0.05) is 6.20 Å². The molecule has 0 saturated carbocycles. The fourth-order valence-corrected chi connectivity index (χ4v) is 2.12. The van der Waals surface area contributed by atoms with Gasteiger partial charge in [-0.15, -0.1) is 0 Å². The van der Waals surface area contributed by atoms with E-state index >= 15 is 0 Å². The van der Waals surface area contributed by atoms with Gasteiger partial charge in [0.05, 0.1) is 0 Å². The van der Waals surface area contributed by atoms with Crippen LogP contribution in [0.3, 0.4) is 0 Å². The second kappa shape index (κ2) is 4.38. The van der Waals surface area contributed by atoms with Crippen molar-refractivity contribution in [3.63, 3.8) is 0 Å². The number of nitrogens with two attached hydrogens (primary N) is 2. The Morgan fingerprint density at radius 3 is 2.58 bits per heavy atom. The molecule has 4 heteroatoms. The topological polar surface area (TPSA) is 76.4 Å². The standard InChI is InChI=1S/C15H22N4/c1-10-9-18-13(16)19-15(10,17)12-7-5-6-11(8-12)14(2,3)4/h5-9H,17H2,1-4H3,(H3,16,18,19). The molecule has 1 atom stereocenters. The number of nitrogens with one attached hydrogen (secondary N) is 1. The van der Waals surface area contributed by atoms with Crippen molar-refractivity contribution in [2.24, 2.45) is 16.5 Å². The summed E-state index contributed by atoms with van der Waals surface area (Å²) in [6.45, 7) is 8.49. The summed E-state index contributed by atoms with van der Waals surface area (Å²) >= 11 is 0. The average Bonchev–Trinajstić information content (AvgIpc) is 2.33. The van der Waals surface area contributed by atoms with Gasteiger partial charge in [-0.05, 0) is 29.0 Å². The van der Waals surface area contributed by atoms with Crippen molar-refractivity contribution in [2.45, 2.75) is 38.8 Å². The highest BCUT2D eigenvalue weighted by Gasteiger charge is 2.32. The van der Waals surface area contributed by atoms with Crippen molar-refractivity contribution < 1.29 is 0 Å². The molecule has 4 nitrogen and oxygen atoms in total. The quantitative estimate of drug-likeness (QED) is 0.720. The summed E-state index contributed by atoms with van der Waals surface area (Å²) < 4.78 is 0. The first kappa shape index (κ1) is 13.6. The highest BCUT2D eigenvalue weighted by Crippen LogP contribution is 2.32. The summed E-state index contributed by atoms with van der Waals surface area (Å²) in [5, 5.41) is 2.89. The number of guanidine groups is 1. The molecular weight excluding hydrogens is 236 g/mol. The van der Waals surface area contributed by atoms with Gasteiger partial charge in [0.1, 0.15) is 0 Å². The Bertz CT molecular complexity index is 552. The minimum Gasteiger partial charge on any atom is -0.370 e. The molecule has 19 heavy (non-hydrogen) atoms.